The smallest absolute Gasteiger partial charge is 0.00153 e. The summed E-state index contributed by atoms with van der Waals surface area (Å²) in [5, 5.41) is 0. The number of fused-ring (bicyclic) bond motifs is 5. The SMILES string of the molecule is CC(C)(C)C1=CC(C2(C3CC(C)(C)c4cc5c(cc4C3(C)C)Cc3cc4c(cc3-5)C(C)(C)CCC4(C)C)CCCC2)C=C1. The first-order valence-electron chi connectivity index (χ1n) is 17.6. The quantitative estimate of drug-likeness (QED) is 0.285. The van der Waals surface area contributed by atoms with Crippen molar-refractivity contribution in [2.45, 2.75) is 149 Å². The molecule has 0 heteroatoms. The van der Waals surface area contributed by atoms with Crippen molar-refractivity contribution in [1.29, 1.82) is 0 Å². The van der Waals surface area contributed by atoms with Crippen LogP contribution in [0, 0.1) is 22.7 Å². The van der Waals surface area contributed by atoms with Gasteiger partial charge >= 0.3 is 0 Å². The molecule has 0 amide bonds. The third-order valence-corrected chi connectivity index (χ3v) is 13.6. The summed E-state index contributed by atoms with van der Waals surface area (Å²) in [7, 11) is 0. The van der Waals surface area contributed by atoms with Crippen LogP contribution in [0.15, 0.2) is 48.1 Å². The zero-order chi connectivity index (χ0) is 31.0. The molecule has 0 heterocycles. The second kappa shape index (κ2) is 9.01. The Balaban J connectivity index is 1.34. The maximum absolute atomic E-state index is 2.71. The minimum Gasteiger partial charge on any atom is -0.0768 e. The van der Waals surface area contributed by atoms with E-state index in [2.05, 4.69) is 119 Å². The van der Waals surface area contributed by atoms with Gasteiger partial charge in [0.25, 0.3) is 0 Å². The second-order valence-electron chi connectivity index (χ2n) is 19.1. The number of rotatable bonds is 2. The van der Waals surface area contributed by atoms with Crippen molar-refractivity contribution in [3.63, 3.8) is 0 Å². The maximum atomic E-state index is 2.71. The van der Waals surface area contributed by atoms with E-state index in [-0.39, 0.29) is 27.1 Å². The van der Waals surface area contributed by atoms with Crippen LogP contribution in [0.25, 0.3) is 11.1 Å². The molecule has 0 saturated heterocycles. The van der Waals surface area contributed by atoms with E-state index >= 15 is 0 Å². The number of hydrogen-bond acceptors (Lipinski definition) is 0. The Morgan fingerprint density at radius 3 is 1.67 bits per heavy atom. The molecular formula is C43H58. The molecule has 2 aromatic rings. The predicted molar refractivity (Wildman–Crippen MR) is 185 cm³/mol. The summed E-state index contributed by atoms with van der Waals surface area (Å²) < 4.78 is 0. The van der Waals surface area contributed by atoms with Crippen molar-refractivity contribution < 1.29 is 0 Å². The molecule has 0 nitrogen and oxygen atoms in total. The Hall–Kier alpha value is -2.08. The number of allylic oxidation sites excluding steroid dienone is 4. The summed E-state index contributed by atoms with van der Waals surface area (Å²) in [6.45, 7) is 27.4. The Labute approximate surface area is 263 Å². The van der Waals surface area contributed by atoms with Crippen LogP contribution in [0.1, 0.15) is 154 Å². The first-order valence-corrected chi connectivity index (χ1v) is 17.6. The Kier molecular flexibility index (Phi) is 6.21. The van der Waals surface area contributed by atoms with Gasteiger partial charge in [-0.1, -0.05) is 131 Å². The molecule has 230 valence electrons. The van der Waals surface area contributed by atoms with Crippen LogP contribution in [-0.2, 0) is 28.1 Å². The van der Waals surface area contributed by atoms with Gasteiger partial charge in [-0.2, -0.15) is 0 Å². The highest BCUT2D eigenvalue weighted by atomic mass is 14.6. The van der Waals surface area contributed by atoms with Crippen molar-refractivity contribution in [3.8, 4) is 11.1 Å². The fraction of sp³-hybridized carbons (Fsp3) is 0.628. The van der Waals surface area contributed by atoms with Gasteiger partial charge in [-0.15, -0.1) is 0 Å². The summed E-state index contributed by atoms with van der Waals surface area (Å²) >= 11 is 0. The van der Waals surface area contributed by atoms with Crippen LogP contribution in [0.4, 0.5) is 0 Å². The lowest BCUT2D eigenvalue weighted by Crippen LogP contribution is -2.51. The molecule has 7 rings (SSSR count). The van der Waals surface area contributed by atoms with Gasteiger partial charge in [0, 0.05) is 5.92 Å². The van der Waals surface area contributed by atoms with Gasteiger partial charge in [-0.3, -0.25) is 0 Å². The van der Waals surface area contributed by atoms with E-state index in [4.69, 9.17) is 0 Å². The molecule has 5 aliphatic carbocycles. The van der Waals surface area contributed by atoms with Gasteiger partial charge in [-0.05, 0) is 127 Å². The summed E-state index contributed by atoms with van der Waals surface area (Å²) in [6, 6.07) is 10.6. The third-order valence-electron chi connectivity index (χ3n) is 13.6. The fourth-order valence-electron chi connectivity index (χ4n) is 10.7. The molecule has 1 saturated carbocycles. The van der Waals surface area contributed by atoms with Crippen molar-refractivity contribution in [2.75, 3.05) is 0 Å². The van der Waals surface area contributed by atoms with Gasteiger partial charge in [0.05, 0.1) is 0 Å². The number of hydrogen-bond donors (Lipinski definition) is 0. The second-order valence-corrected chi connectivity index (χ2v) is 19.1. The zero-order valence-corrected chi connectivity index (χ0v) is 29.4. The van der Waals surface area contributed by atoms with Gasteiger partial charge in [0.15, 0.2) is 0 Å². The van der Waals surface area contributed by atoms with Crippen molar-refractivity contribution in [1.82, 2.24) is 0 Å². The summed E-state index contributed by atoms with van der Waals surface area (Å²) in [6.07, 6.45) is 18.2. The highest BCUT2D eigenvalue weighted by molar-refractivity contribution is 5.80. The van der Waals surface area contributed by atoms with E-state index < -0.39 is 0 Å². The summed E-state index contributed by atoms with van der Waals surface area (Å²) in [4.78, 5) is 0. The Morgan fingerprint density at radius 2 is 1.14 bits per heavy atom. The molecular weight excluding hydrogens is 516 g/mol. The summed E-state index contributed by atoms with van der Waals surface area (Å²) in [5.74, 6) is 1.24. The lowest BCUT2D eigenvalue weighted by atomic mass is 9.48. The van der Waals surface area contributed by atoms with Crippen molar-refractivity contribution >= 4 is 0 Å². The van der Waals surface area contributed by atoms with E-state index in [0.717, 1.165) is 6.42 Å². The molecule has 0 aliphatic heterocycles. The normalized spacial score (nSPS) is 28.6. The highest BCUT2D eigenvalue weighted by Gasteiger charge is 2.56. The highest BCUT2D eigenvalue weighted by Crippen LogP contribution is 2.64. The molecule has 1 fully saturated rings. The third kappa shape index (κ3) is 4.27. The zero-order valence-electron chi connectivity index (χ0n) is 29.4. The Bertz CT molecular complexity index is 1550. The standard InChI is InChI=1S/C43H58/c1-38(2,3)29-14-15-30(23-29)43(16-12-13-17-43)37-26-41(8,9)35-25-32-28(22-36(35)42(37,10)11)20-27-21-33-34(24-31(27)32)40(6,7)19-18-39(33,4)5/h14-15,21-25,30,37H,12-13,16-20,26H2,1-11H3. The molecule has 2 atom stereocenters. The van der Waals surface area contributed by atoms with Crippen LogP contribution in [0.3, 0.4) is 0 Å². The Morgan fingerprint density at radius 1 is 0.628 bits per heavy atom. The van der Waals surface area contributed by atoms with E-state index in [0.29, 0.717) is 17.3 Å². The minimum atomic E-state index is 0.147. The molecule has 0 radical (unpaired) electrons. The average molecular weight is 575 g/mol. The lowest BCUT2D eigenvalue weighted by molar-refractivity contribution is 0.0327. The van der Waals surface area contributed by atoms with Crippen LogP contribution in [-0.4, -0.2) is 0 Å². The lowest BCUT2D eigenvalue weighted by Gasteiger charge is -2.56. The minimum absolute atomic E-state index is 0.147. The molecule has 0 N–H and O–H groups in total. The molecule has 0 spiro atoms. The first-order chi connectivity index (χ1) is 19.9. The van der Waals surface area contributed by atoms with Gasteiger partial charge in [0.1, 0.15) is 0 Å². The van der Waals surface area contributed by atoms with E-state index in [1.54, 1.807) is 39.0 Å². The van der Waals surface area contributed by atoms with E-state index in [1.807, 2.05) is 0 Å². The molecule has 0 aromatic heterocycles. The van der Waals surface area contributed by atoms with Gasteiger partial charge in [0.2, 0.25) is 0 Å². The van der Waals surface area contributed by atoms with Crippen LogP contribution < -0.4 is 0 Å². The largest absolute Gasteiger partial charge is 0.0768 e. The van der Waals surface area contributed by atoms with E-state index in [9.17, 15) is 0 Å². The molecule has 2 aromatic carbocycles. The molecule has 43 heavy (non-hydrogen) atoms. The van der Waals surface area contributed by atoms with Crippen molar-refractivity contribution in [3.05, 3.63) is 81.4 Å². The molecule has 5 aliphatic rings. The molecule has 0 bridgehead atoms. The maximum Gasteiger partial charge on any atom is 0.00153 e. The van der Waals surface area contributed by atoms with E-state index in [1.165, 1.54) is 56.1 Å². The summed E-state index contributed by atoms with van der Waals surface area (Å²) in [5.41, 5.74) is 15.6. The van der Waals surface area contributed by atoms with Crippen LogP contribution >= 0.6 is 0 Å². The van der Waals surface area contributed by atoms with Crippen molar-refractivity contribution in [2.24, 2.45) is 22.7 Å². The van der Waals surface area contributed by atoms with Gasteiger partial charge in [-0.25, -0.2) is 0 Å². The van der Waals surface area contributed by atoms with Crippen LogP contribution in [0.5, 0.6) is 0 Å². The fourth-order valence-corrected chi connectivity index (χ4v) is 10.7. The topological polar surface area (TPSA) is 0 Å². The van der Waals surface area contributed by atoms with Gasteiger partial charge < -0.3 is 0 Å². The molecule has 2 unspecified atom stereocenters. The average Bonchev–Trinajstić information content (AvgIpc) is 3.66. The van der Waals surface area contributed by atoms with Crippen LogP contribution in [0.2, 0.25) is 0 Å². The monoisotopic (exact) mass is 574 g/mol. The first kappa shape index (κ1) is 29.6. The number of benzene rings is 2. The predicted octanol–water partition coefficient (Wildman–Crippen LogP) is 11.9.